The number of nitrogens with one attached hydrogen (secondary N) is 2. The van der Waals surface area contributed by atoms with Gasteiger partial charge in [0.15, 0.2) is 5.69 Å². The van der Waals surface area contributed by atoms with Gasteiger partial charge in [-0.2, -0.15) is 0 Å². The molecular formula is C20H24N4O2. The molecular weight excluding hydrogens is 328 g/mol. The minimum atomic E-state index is -0.301. The molecule has 0 bridgehead atoms. The third-order valence-electron chi connectivity index (χ3n) is 4.36. The standard InChI is InChI=1S/C20H24N4O2/c1-26-17-9-5-8-16(14-17)22-20(25)18-10-11-19(24-23-18)21-13-12-15-6-3-2-4-7-15/h5-6,8-11,14H,2-4,7,12-13H2,1H3,(H,21,24)(H,22,25). The predicted octanol–water partition coefficient (Wildman–Crippen LogP) is 4.04. The van der Waals surface area contributed by atoms with Crippen molar-refractivity contribution < 1.29 is 9.53 Å². The topological polar surface area (TPSA) is 76.1 Å². The van der Waals surface area contributed by atoms with Crippen molar-refractivity contribution in [1.29, 1.82) is 0 Å². The molecule has 0 saturated heterocycles. The zero-order valence-electron chi connectivity index (χ0n) is 15.0. The molecule has 1 aromatic carbocycles. The van der Waals surface area contributed by atoms with Crippen LogP contribution in [-0.4, -0.2) is 29.8 Å². The number of nitrogens with zero attached hydrogens (tertiary/aromatic N) is 2. The summed E-state index contributed by atoms with van der Waals surface area (Å²) < 4.78 is 5.15. The van der Waals surface area contributed by atoms with Gasteiger partial charge in [0, 0.05) is 18.3 Å². The van der Waals surface area contributed by atoms with E-state index in [-0.39, 0.29) is 11.6 Å². The van der Waals surface area contributed by atoms with Crippen LogP contribution in [0.3, 0.4) is 0 Å². The Kier molecular flexibility index (Phi) is 6.19. The Hall–Kier alpha value is -2.89. The lowest BCUT2D eigenvalue weighted by Gasteiger charge is -2.13. The summed E-state index contributed by atoms with van der Waals surface area (Å²) in [4.78, 5) is 12.3. The lowest BCUT2D eigenvalue weighted by molar-refractivity contribution is 0.102. The lowest BCUT2D eigenvalue weighted by Crippen LogP contribution is -2.15. The Labute approximate surface area is 153 Å². The lowest BCUT2D eigenvalue weighted by atomic mass is 9.97. The van der Waals surface area contributed by atoms with Gasteiger partial charge in [0.1, 0.15) is 11.6 Å². The molecule has 2 aromatic rings. The third-order valence-corrected chi connectivity index (χ3v) is 4.36. The maximum Gasteiger partial charge on any atom is 0.276 e. The molecule has 1 aliphatic rings. The van der Waals surface area contributed by atoms with Crippen molar-refractivity contribution in [3.05, 3.63) is 53.7 Å². The highest BCUT2D eigenvalue weighted by atomic mass is 16.5. The maximum atomic E-state index is 12.3. The van der Waals surface area contributed by atoms with E-state index in [0.717, 1.165) is 13.0 Å². The van der Waals surface area contributed by atoms with Crippen LogP contribution in [0.2, 0.25) is 0 Å². The largest absolute Gasteiger partial charge is 0.497 e. The molecule has 136 valence electrons. The van der Waals surface area contributed by atoms with E-state index in [1.807, 2.05) is 12.1 Å². The molecule has 0 spiro atoms. The first-order valence-electron chi connectivity index (χ1n) is 8.95. The number of hydrogen-bond donors (Lipinski definition) is 2. The van der Waals surface area contributed by atoms with Crippen molar-refractivity contribution in [3.63, 3.8) is 0 Å². The van der Waals surface area contributed by atoms with Crippen molar-refractivity contribution >= 4 is 17.4 Å². The summed E-state index contributed by atoms with van der Waals surface area (Å²) in [6.07, 6.45) is 8.38. The van der Waals surface area contributed by atoms with E-state index >= 15 is 0 Å². The second kappa shape index (κ2) is 8.99. The van der Waals surface area contributed by atoms with Crippen LogP contribution >= 0.6 is 0 Å². The van der Waals surface area contributed by atoms with E-state index in [1.165, 1.54) is 31.3 Å². The fraction of sp³-hybridized carbons (Fsp3) is 0.350. The van der Waals surface area contributed by atoms with Crippen LogP contribution in [0.4, 0.5) is 11.5 Å². The van der Waals surface area contributed by atoms with Gasteiger partial charge < -0.3 is 15.4 Å². The predicted molar refractivity (Wildman–Crippen MR) is 103 cm³/mol. The quantitative estimate of drug-likeness (QED) is 0.736. The number of methoxy groups -OCH3 is 1. The number of amides is 1. The number of allylic oxidation sites excluding steroid dienone is 1. The molecule has 26 heavy (non-hydrogen) atoms. The minimum absolute atomic E-state index is 0.272. The third kappa shape index (κ3) is 5.05. The van der Waals surface area contributed by atoms with E-state index in [2.05, 4.69) is 26.9 Å². The van der Waals surface area contributed by atoms with E-state index < -0.39 is 0 Å². The molecule has 0 aliphatic heterocycles. The molecule has 3 rings (SSSR count). The van der Waals surface area contributed by atoms with Crippen LogP contribution in [0.5, 0.6) is 5.75 Å². The van der Waals surface area contributed by atoms with Crippen LogP contribution in [0, 0.1) is 0 Å². The van der Waals surface area contributed by atoms with Gasteiger partial charge in [-0.1, -0.05) is 17.7 Å². The van der Waals surface area contributed by atoms with Crippen molar-refractivity contribution in [3.8, 4) is 5.75 Å². The number of ether oxygens (including phenoxy) is 1. The number of hydrogen-bond acceptors (Lipinski definition) is 5. The van der Waals surface area contributed by atoms with Crippen LogP contribution in [-0.2, 0) is 0 Å². The first kappa shape index (κ1) is 17.9. The number of carbonyl (C=O) groups is 1. The van der Waals surface area contributed by atoms with Crippen LogP contribution in [0.15, 0.2) is 48.0 Å². The van der Waals surface area contributed by atoms with Crippen LogP contribution in [0.1, 0.15) is 42.6 Å². The van der Waals surface area contributed by atoms with Gasteiger partial charge in [-0.05, 0) is 56.4 Å². The second-order valence-corrected chi connectivity index (χ2v) is 6.27. The van der Waals surface area contributed by atoms with Gasteiger partial charge in [0.25, 0.3) is 5.91 Å². The SMILES string of the molecule is COc1cccc(NC(=O)c2ccc(NCCC3=CCCCC3)nn2)c1. The molecule has 2 N–H and O–H groups in total. The first-order chi connectivity index (χ1) is 12.7. The number of carbonyl (C=O) groups excluding carboxylic acids is 1. The molecule has 1 aliphatic carbocycles. The Morgan fingerprint density at radius 3 is 2.85 bits per heavy atom. The van der Waals surface area contributed by atoms with Gasteiger partial charge >= 0.3 is 0 Å². The normalized spacial score (nSPS) is 13.7. The molecule has 0 unspecified atom stereocenters. The molecule has 1 aromatic heterocycles. The van der Waals surface area contributed by atoms with Gasteiger partial charge in [-0.3, -0.25) is 4.79 Å². The summed E-state index contributed by atoms with van der Waals surface area (Å²) in [5.74, 6) is 1.06. The molecule has 0 radical (unpaired) electrons. The molecule has 0 atom stereocenters. The average molecular weight is 352 g/mol. The summed E-state index contributed by atoms with van der Waals surface area (Å²) in [6.45, 7) is 0.829. The van der Waals surface area contributed by atoms with Gasteiger partial charge in [-0.25, -0.2) is 0 Å². The number of anilines is 2. The second-order valence-electron chi connectivity index (χ2n) is 6.27. The fourth-order valence-electron chi connectivity index (χ4n) is 2.93. The molecule has 1 amide bonds. The van der Waals surface area contributed by atoms with E-state index in [4.69, 9.17) is 4.74 Å². The first-order valence-corrected chi connectivity index (χ1v) is 8.95. The van der Waals surface area contributed by atoms with E-state index in [1.54, 1.807) is 31.4 Å². The minimum Gasteiger partial charge on any atom is -0.497 e. The highest BCUT2D eigenvalue weighted by molar-refractivity contribution is 6.02. The highest BCUT2D eigenvalue weighted by Gasteiger charge is 2.09. The van der Waals surface area contributed by atoms with E-state index in [0.29, 0.717) is 17.3 Å². The average Bonchev–Trinajstić information content (AvgIpc) is 2.69. The Morgan fingerprint density at radius 2 is 2.12 bits per heavy atom. The number of aromatic nitrogens is 2. The summed E-state index contributed by atoms with van der Waals surface area (Å²) in [7, 11) is 1.59. The van der Waals surface area contributed by atoms with Gasteiger partial charge in [-0.15, -0.1) is 10.2 Å². The Bertz CT molecular complexity index is 772. The number of benzene rings is 1. The van der Waals surface area contributed by atoms with E-state index in [9.17, 15) is 4.79 Å². The highest BCUT2D eigenvalue weighted by Crippen LogP contribution is 2.20. The monoisotopic (exact) mass is 352 g/mol. The molecule has 1 heterocycles. The van der Waals surface area contributed by atoms with Gasteiger partial charge in [0.05, 0.1) is 7.11 Å². The van der Waals surface area contributed by atoms with Gasteiger partial charge in [0.2, 0.25) is 0 Å². The number of rotatable bonds is 7. The zero-order chi connectivity index (χ0) is 18.2. The summed E-state index contributed by atoms with van der Waals surface area (Å²) >= 11 is 0. The molecule has 0 fully saturated rings. The molecule has 0 saturated carbocycles. The van der Waals surface area contributed by atoms with Crippen molar-refractivity contribution in [1.82, 2.24) is 10.2 Å². The van der Waals surface area contributed by atoms with Crippen LogP contribution in [0.25, 0.3) is 0 Å². The van der Waals surface area contributed by atoms with Crippen LogP contribution < -0.4 is 15.4 Å². The Balaban J connectivity index is 1.51. The Morgan fingerprint density at radius 1 is 1.19 bits per heavy atom. The zero-order valence-corrected chi connectivity index (χ0v) is 15.0. The van der Waals surface area contributed by atoms with Crippen molar-refractivity contribution in [2.24, 2.45) is 0 Å². The fourth-order valence-corrected chi connectivity index (χ4v) is 2.93. The molecule has 6 heteroatoms. The maximum absolute atomic E-state index is 12.3. The summed E-state index contributed by atoms with van der Waals surface area (Å²) in [5, 5.41) is 14.2. The smallest absolute Gasteiger partial charge is 0.276 e. The molecule has 6 nitrogen and oxygen atoms in total. The van der Waals surface area contributed by atoms with Crippen molar-refractivity contribution in [2.75, 3.05) is 24.3 Å². The summed E-state index contributed by atoms with van der Waals surface area (Å²) in [5.41, 5.74) is 2.44. The van der Waals surface area contributed by atoms with Crippen molar-refractivity contribution in [2.45, 2.75) is 32.1 Å². The summed E-state index contributed by atoms with van der Waals surface area (Å²) in [6, 6.07) is 10.6.